The highest BCUT2D eigenvalue weighted by Crippen LogP contribution is 2.28. The Hall–Kier alpha value is -1.15. The number of hydrogen-bond acceptors (Lipinski definition) is 3. The molecule has 0 saturated carbocycles. The first-order chi connectivity index (χ1) is 8.70. The molecule has 0 bridgehead atoms. The normalized spacial score (nSPS) is 11.8. The Labute approximate surface area is 125 Å². The second kappa shape index (κ2) is 4.75. The van der Waals surface area contributed by atoms with Crippen molar-refractivity contribution in [2.45, 2.75) is 20.8 Å². The SMILES string of the molecule is CC(C)(C)C(=O)Nc1nc2[nH]c(Br)c(Br)c2c(=O)[nH]1. The second-order valence-electron chi connectivity index (χ2n) is 5.10. The number of amides is 1. The molecule has 0 atom stereocenters. The quantitative estimate of drug-likeness (QED) is 0.697. The van der Waals surface area contributed by atoms with E-state index in [2.05, 4.69) is 52.1 Å². The maximum absolute atomic E-state index is 11.9. The van der Waals surface area contributed by atoms with Gasteiger partial charge in [0.1, 0.15) is 5.65 Å². The number of rotatable bonds is 1. The molecule has 8 heteroatoms. The van der Waals surface area contributed by atoms with Crippen LogP contribution in [0.25, 0.3) is 11.0 Å². The molecule has 0 aliphatic rings. The van der Waals surface area contributed by atoms with E-state index in [1.54, 1.807) is 20.8 Å². The van der Waals surface area contributed by atoms with Crippen molar-refractivity contribution in [3.63, 3.8) is 0 Å². The Morgan fingerprint density at radius 3 is 2.47 bits per heavy atom. The number of halogens is 2. The zero-order chi connectivity index (χ0) is 14.4. The van der Waals surface area contributed by atoms with E-state index in [4.69, 9.17) is 0 Å². The lowest BCUT2D eigenvalue weighted by Crippen LogP contribution is -2.29. The summed E-state index contributed by atoms with van der Waals surface area (Å²) in [4.78, 5) is 33.4. The summed E-state index contributed by atoms with van der Waals surface area (Å²) in [6.45, 7) is 5.34. The Bertz CT molecular complexity index is 712. The third-order valence-electron chi connectivity index (χ3n) is 2.47. The predicted molar refractivity (Wildman–Crippen MR) is 80.2 cm³/mol. The Morgan fingerprint density at radius 2 is 1.89 bits per heavy atom. The number of nitrogens with one attached hydrogen (secondary N) is 3. The minimum Gasteiger partial charge on any atom is -0.333 e. The Kier molecular flexibility index (Phi) is 3.57. The van der Waals surface area contributed by atoms with Crippen LogP contribution < -0.4 is 10.9 Å². The van der Waals surface area contributed by atoms with Crippen LogP contribution in [0.1, 0.15) is 20.8 Å². The maximum Gasteiger partial charge on any atom is 0.262 e. The molecule has 2 aromatic rings. The molecule has 102 valence electrons. The fourth-order valence-corrected chi connectivity index (χ4v) is 2.24. The van der Waals surface area contributed by atoms with Crippen LogP contribution in [0.4, 0.5) is 5.95 Å². The number of aromatic nitrogens is 3. The topological polar surface area (TPSA) is 90.6 Å². The number of fused-ring (bicyclic) bond motifs is 1. The van der Waals surface area contributed by atoms with Crippen molar-refractivity contribution in [2.75, 3.05) is 5.32 Å². The molecule has 0 saturated heterocycles. The van der Waals surface area contributed by atoms with E-state index in [0.29, 0.717) is 20.1 Å². The molecule has 1 amide bonds. The molecule has 0 fully saturated rings. The first-order valence-corrected chi connectivity index (χ1v) is 7.07. The standard InChI is InChI=1S/C11H12Br2N4O2/c1-11(2,3)9(19)17-10-15-7-4(8(18)16-10)5(12)6(13)14-7/h1-3H3,(H3,14,15,16,17,18,19). The van der Waals surface area contributed by atoms with Gasteiger partial charge in [-0.25, -0.2) is 0 Å². The highest BCUT2D eigenvalue weighted by Gasteiger charge is 2.22. The first kappa shape index (κ1) is 14.3. The number of hydrogen-bond donors (Lipinski definition) is 3. The molecule has 0 unspecified atom stereocenters. The molecule has 2 aromatic heterocycles. The molecule has 19 heavy (non-hydrogen) atoms. The van der Waals surface area contributed by atoms with Crippen LogP contribution in [-0.4, -0.2) is 20.9 Å². The van der Waals surface area contributed by atoms with Gasteiger partial charge in [-0.1, -0.05) is 20.8 Å². The largest absolute Gasteiger partial charge is 0.333 e. The van der Waals surface area contributed by atoms with Gasteiger partial charge in [0.25, 0.3) is 5.56 Å². The summed E-state index contributed by atoms with van der Waals surface area (Å²) in [6, 6.07) is 0. The van der Waals surface area contributed by atoms with Crippen molar-refractivity contribution in [2.24, 2.45) is 5.41 Å². The van der Waals surface area contributed by atoms with Gasteiger partial charge >= 0.3 is 0 Å². The fourth-order valence-electron chi connectivity index (χ4n) is 1.39. The highest BCUT2D eigenvalue weighted by molar-refractivity contribution is 9.13. The third kappa shape index (κ3) is 2.74. The van der Waals surface area contributed by atoms with E-state index in [1.165, 1.54) is 0 Å². The van der Waals surface area contributed by atoms with E-state index in [1.807, 2.05) is 0 Å². The van der Waals surface area contributed by atoms with E-state index in [-0.39, 0.29) is 17.4 Å². The summed E-state index contributed by atoms with van der Waals surface area (Å²) in [6.07, 6.45) is 0. The maximum atomic E-state index is 11.9. The minimum atomic E-state index is -0.565. The lowest BCUT2D eigenvalue weighted by molar-refractivity contribution is -0.123. The predicted octanol–water partition coefficient (Wildman–Crippen LogP) is 2.76. The van der Waals surface area contributed by atoms with Crippen molar-refractivity contribution >= 4 is 54.7 Å². The molecule has 0 aromatic carbocycles. The average molecular weight is 392 g/mol. The monoisotopic (exact) mass is 390 g/mol. The number of H-pyrrole nitrogens is 2. The zero-order valence-electron chi connectivity index (χ0n) is 10.5. The third-order valence-corrected chi connectivity index (χ3v) is 4.39. The molecule has 6 nitrogen and oxygen atoms in total. The molecule has 0 aliphatic carbocycles. The molecular formula is C11H12Br2N4O2. The van der Waals surface area contributed by atoms with Crippen molar-refractivity contribution in [1.29, 1.82) is 0 Å². The minimum absolute atomic E-state index is 0.124. The molecule has 3 N–H and O–H groups in total. The zero-order valence-corrected chi connectivity index (χ0v) is 13.7. The van der Waals surface area contributed by atoms with Crippen LogP contribution in [0.5, 0.6) is 0 Å². The lowest BCUT2D eigenvalue weighted by atomic mass is 9.96. The first-order valence-electron chi connectivity index (χ1n) is 5.48. The molecule has 0 radical (unpaired) electrons. The smallest absolute Gasteiger partial charge is 0.262 e. The van der Waals surface area contributed by atoms with Gasteiger partial charge < -0.3 is 4.98 Å². The fraction of sp³-hybridized carbons (Fsp3) is 0.364. The second-order valence-corrected chi connectivity index (χ2v) is 6.68. The average Bonchev–Trinajstić information content (AvgIpc) is 2.53. The van der Waals surface area contributed by atoms with Crippen molar-refractivity contribution in [1.82, 2.24) is 15.0 Å². The van der Waals surface area contributed by atoms with Crippen LogP contribution in [0, 0.1) is 5.41 Å². The molecule has 0 aliphatic heterocycles. The highest BCUT2D eigenvalue weighted by atomic mass is 79.9. The van der Waals surface area contributed by atoms with Gasteiger partial charge in [-0.05, 0) is 31.9 Å². The lowest BCUT2D eigenvalue weighted by Gasteiger charge is -2.16. The molecule has 2 rings (SSSR count). The van der Waals surface area contributed by atoms with Gasteiger partial charge in [0.2, 0.25) is 11.9 Å². The number of anilines is 1. The van der Waals surface area contributed by atoms with Gasteiger partial charge in [0.15, 0.2) is 0 Å². The van der Waals surface area contributed by atoms with E-state index in [0.717, 1.165) is 0 Å². The van der Waals surface area contributed by atoms with Crippen LogP contribution in [0.2, 0.25) is 0 Å². The summed E-state index contributed by atoms with van der Waals surface area (Å²) < 4.78 is 1.23. The van der Waals surface area contributed by atoms with Crippen molar-refractivity contribution in [3.8, 4) is 0 Å². The molecular weight excluding hydrogens is 380 g/mol. The van der Waals surface area contributed by atoms with Gasteiger partial charge in [-0.3, -0.25) is 19.9 Å². The molecule has 2 heterocycles. The number of aromatic amines is 2. The summed E-state index contributed by atoms with van der Waals surface area (Å²) in [5.41, 5.74) is -0.500. The van der Waals surface area contributed by atoms with Crippen LogP contribution >= 0.6 is 31.9 Å². The number of carbonyl (C=O) groups is 1. The van der Waals surface area contributed by atoms with Gasteiger partial charge in [0, 0.05) is 5.41 Å². The summed E-state index contributed by atoms with van der Waals surface area (Å²) >= 11 is 6.55. The summed E-state index contributed by atoms with van der Waals surface area (Å²) in [5, 5.41) is 2.99. The number of nitrogens with zero attached hydrogens (tertiary/aromatic N) is 1. The summed E-state index contributed by atoms with van der Waals surface area (Å²) in [7, 11) is 0. The Balaban J connectivity index is 2.48. The van der Waals surface area contributed by atoms with Gasteiger partial charge in [-0.2, -0.15) is 4.98 Å². The Morgan fingerprint density at radius 1 is 1.26 bits per heavy atom. The number of carbonyl (C=O) groups excluding carboxylic acids is 1. The van der Waals surface area contributed by atoms with Gasteiger partial charge in [-0.15, -0.1) is 0 Å². The van der Waals surface area contributed by atoms with E-state index >= 15 is 0 Å². The van der Waals surface area contributed by atoms with Crippen molar-refractivity contribution in [3.05, 3.63) is 19.4 Å². The summed E-state index contributed by atoms with van der Waals surface area (Å²) in [5.74, 6) is -0.0987. The van der Waals surface area contributed by atoms with Gasteiger partial charge in [0.05, 0.1) is 14.5 Å². The van der Waals surface area contributed by atoms with E-state index in [9.17, 15) is 9.59 Å². The van der Waals surface area contributed by atoms with Crippen LogP contribution in [0.3, 0.4) is 0 Å². The van der Waals surface area contributed by atoms with Crippen LogP contribution in [-0.2, 0) is 4.79 Å². The van der Waals surface area contributed by atoms with Crippen LogP contribution in [0.15, 0.2) is 13.9 Å². The molecule has 0 spiro atoms. The van der Waals surface area contributed by atoms with Crippen molar-refractivity contribution < 1.29 is 4.79 Å². The van der Waals surface area contributed by atoms with E-state index < -0.39 is 5.41 Å².